The van der Waals surface area contributed by atoms with Gasteiger partial charge in [-0.25, -0.2) is 18.7 Å². The lowest BCUT2D eigenvalue weighted by atomic mass is 10.3. The average molecular weight is 439 g/mol. The first-order valence-corrected chi connectivity index (χ1v) is 7.99. The van der Waals surface area contributed by atoms with Crippen molar-refractivity contribution >= 4 is 50.3 Å². The highest BCUT2D eigenvalue weighted by molar-refractivity contribution is 9.10. The van der Waals surface area contributed by atoms with E-state index in [0.29, 0.717) is 21.6 Å². The van der Waals surface area contributed by atoms with E-state index in [4.69, 9.17) is 33.3 Å². The topological polar surface area (TPSA) is 79.6 Å². The highest BCUT2D eigenvalue weighted by Crippen LogP contribution is 2.36. The predicted octanol–water partition coefficient (Wildman–Crippen LogP) is 3.94. The number of H-pyrrole nitrogens is 1. The van der Waals surface area contributed by atoms with Gasteiger partial charge in [0.15, 0.2) is 21.6 Å². The molecule has 0 aliphatic carbocycles. The molecule has 1 aromatic carbocycles. The van der Waals surface area contributed by atoms with Crippen LogP contribution in [0, 0.1) is 5.41 Å². The van der Waals surface area contributed by atoms with Crippen molar-refractivity contribution < 1.29 is 13.5 Å². The molecule has 11 heteroatoms. The summed E-state index contributed by atoms with van der Waals surface area (Å²) >= 11 is 15.4. The van der Waals surface area contributed by atoms with E-state index in [1.165, 1.54) is 18.5 Å². The number of hydrogen-bond acceptors (Lipinski definition) is 4. The lowest BCUT2D eigenvalue weighted by Crippen LogP contribution is -2.12. The molecule has 2 heterocycles. The molecule has 24 heavy (non-hydrogen) atoms. The van der Waals surface area contributed by atoms with Crippen LogP contribution in [-0.2, 0) is 0 Å². The van der Waals surface area contributed by atoms with E-state index >= 15 is 0 Å². The summed E-state index contributed by atoms with van der Waals surface area (Å²) in [6.07, 6.45) is -1.25. The summed E-state index contributed by atoms with van der Waals surface area (Å²) < 4.78 is 31.5. The fraction of sp³-hybridized carbons (Fsp3) is 0.154. The molecule has 0 radical (unpaired) electrons. The zero-order valence-corrected chi connectivity index (χ0v) is 14.8. The number of nitrogens with one attached hydrogen (secondary N) is 2. The van der Waals surface area contributed by atoms with Gasteiger partial charge in [0.25, 0.3) is 6.43 Å². The van der Waals surface area contributed by atoms with Crippen molar-refractivity contribution in [2.75, 3.05) is 6.61 Å². The number of fused-ring (bicyclic) bond motifs is 1. The van der Waals surface area contributed by atoms with Crippen LogP contribution in [0.2, 0.25) is 10.0 Å². The van der Waals surface area contributed by atoms with Gasteiger partial charge in [0.05, 0.1) is 15.7 Å². The molecule has 0 unspecified atom stereocenters. The summed E-state index contributed by atoms with van der Waals surface area (Å²) in [6.45, 7) is -0.808. The van der Waals surface area contributed by atoms with Crippen LogP contribution in [-0.4, -0.2) is 32.6 Å². The van der Waals surface area contributed by atoms with E-state index in [1.807, 2.05) is 0 Å². The van der Waals surface area contributed by atoms with E-state index < -0.39 is 13.0 Å². The molecule has 6 nitrogen and oxygen atoms in total. The standard InChI is InChI=1S/C13H8BrCl2F2N5O/c14-13-21-9-11(19)20-4-23(12(9)22-13)5-1-6(15)10(7(16)2-5)24-3-8(17)18/h1-2,4,8,19H,3H2,(H,21,22). The first-order chi connectivity index (χ1) is 11.4. The third kappa shape index (κ3) is 3.24. The molecular formula is C13H8BrCl2F2N5O. The Hall–Kier alpha value is -1.71. The average Bonchev–Trinajstić information content (AvgIpc) is 2.88. The van der Waals surface area contributed by atoms with Gasteiger partial charge < -0.3 is 9.72 Å². The second kappa shape index (κ2) is 6.66. The van der Waals surface area contributed by atoms with Gasteiger partial charge in [-0.15, -0.1) is 0 Å². The van der Waals surface area contributed by atoms with Crippen molar-refractivity contribution in [2.24, 2.45) is 0 Å². The molecule has 0 saturated heterocycles. The monoisotopic (exact) mass is 437 g/mol. The smallest absolute Gasteiger partial charge is 0.272 e. The molecule has 0 saturated carbocycles. The van der Waals surface area contributed by atoms with Crippen molar-refractivity contribution in [2.45, 2.75) is 6.43 Å². The van der Waals surface area contributed by atoms with Gasteiger partial charge in [0, 0.05) is 0 Å². The minimum absolute atomic E-state index is 0.0208. The van der Waals surface area contributed by atoms with Crippen LogP contribution in [0.25, 0.3) is 16.9 Å². The minimum atomic E-state index is -2.64. The third-order valence-electron chi connectivity index (χ3n) is 3.04. The zero-order chi connectivity index (χ0) is 17.4. The maximum absolute atomic E-state index is 12.3. The molecule has 0 atom stereocenters. The Morgan fingerprint density at radius 3 is 2.62 bits per heavy atom. The zero-order valence-electron chi connectivity index (χ0n) is 11.7. The number of ether oxygens (including phenoxy) is 1. The molecule has 0 amide bonds. The number of nitrogens with zero attached hydrogens (tertiary/aromatic N) is 3. The quantitative estimate of drug-likeness (QED) is 0.605. The number of imidazole rings is 1. The SMILES string of the molecule is N=c1ncn(-c2cc(Cl)c(OCC(F)F)c(Cl)c2)c2nc(Br)[nH]c12. The van der Waals surface area contributed by atoms with Crippen LogP contribution in [0.15, 0.2) is 23.2 Å². The molecule has 2 aromatic heterocycles. The fourth-order valence-corrected chi connectivity index (χ4v) is 3.02. The second-order valence-corrected chi connectivity index (χ2v) is 6.20. The lowest BCUT2D eigenvalue weighted by molar-refractivity contribution is 0.0820. The largest absolute Gasteiger partial charge is 0.484 e. The maximum Gasteiger partial charge on any atom is 0.272 e. The van der Waals surface area contributed by atoms with Crippen molar-refractivity contribution in [1.82, 2.24) is 19.5 Å². The number of halogens is 5. The Morgan fingerprint density at radius 2 is 2.00 bits per heavy atom. The molecular weight excluding hydrogens is 431 g/mol. The van der Waals surface area contributed by atoms with Gasteiger partial charge in [-0.05, 0) is 28.1 Å². The molecule has 126 valence electrons. The van der Waals surface area contributed by atoms with Crippen LogP contribution >= 0.6 is 39.1 Å². The van der Waals surface area contributed by atoms with E-state index in [2.05, 4.69) is 30.9 Å². The Bertz CT molecular complexity index is 952. The fourth-order valence-electron chi connectivity index (χ4n) is 2.07. The molecule has 0 aliphatic rings. The van der Waals surface area contributed by atoms with Crippen molar-refractivity contribution in [1.29, 1.82) is 5.41 Å². The Balaban J connectivity index is 2.11. The molecule has 0 spiro atoms. The maximum atomic E-state index is 12.3. The highest BCUT2D eigenvalue weighted by atomic mass is 79.9. The number of aromatic nitrogens is 4. The van der Waals surface area contributed by atoms with Gasteiger partial charge in [-0.3, -0.25) is 9.98 Å². The second-order valence-electron chi connectivity index (χ2n) is 4.63. The molecule has 3 aromatic rings. The Kier molecular flexibility index (Phi) is 4.75. The number of alkyl halides is 2. The summed E-state index contributed by atoms with van der Waals surface area (Å²) in [4.78, 5) is 11.1. The Morgan fingerprint density at radius 1 is 1.33 bits per heavy atom. The molecule has 2 N–H and O–H groups in total. The van der Waals surface area contributed by atoms with Crippen LogP contribution < -0.4 is 10.2 Å². The lowest BCUT2D eigenvalue weighted by Gasteiger charge is -2.13. The van der Waals surface area contributed by atoms with Gasteiger partial charge in [0.1, 0.15) is 18.5 Å². The summed E-state index contributed by atoms with van der Waals surface area (Å²) in [5.74, 6) is -0.0208. The molecule has 0 bridgehead atoms. The molecule has 3 rings (SSSR count). The van der Waals surface area contributed by atoms with Gasteiger partial charge >= 0.3 is 0 Å². The van der Waals surface area contributed by atoms with Crippen LogP contribution in [0.1, 0.15) is 0 Å². The number of benzene rings is 1. The van der Waals surface area contributed by atoms with Crippen molar-refractivity contribution in [3.05, 3.63) is 38.7 Å². The number of rotatable bonds is 4. The summed E-state index contributed by atoms with van der Waals surface area (Å²) in [5.41, 5.74) is 1.35. The Labute approximate surface area is 152 Å². The van der Waals surface area contributed by atoms with E-state index in [9.17, 15) is 8.78 Å². The first-order valence-electron chi connectivity index (χ1n) is 6.44. The molecule has 0 aliphatic heterocycles. The normalized spacial score (nSPS) is 11.4. The van der Waals surface area contributed by atoms with Gasteiger partial charge in [0.2, 0.25) is 0 Å². The van der Waals surface area contributed by atoms with Gasteiger partial charge in [-0.2, -0.15) is 0 Å². The number of aromatic amines is 1. The molecule has 0 fully saturated rings. The highest BCUT2D eigenvalue weighted by Gasteiger charge is 2.15. The first kappa shape index (κ1) is 17.1. The van der Waals surface area contributed by atoms with Crippen molar-refractivity contribution in [3.63, 3.8) is 0 Å². The predicted molar refractivity (Wildman–Crippen MR) is 88.3 cm³/mol. The minimum Gasteiger partial charge on any atom is -0.484 e. The van der Waals surface area contributed by atoms with E-state index in [0.717, 1.165) is 0 Å². The summed E-state index contributed by atoms with van der Waals surface area (Å²) in [7, 11) is 0. The summed E-state index contributed by atoms with van der Waals surface area (Å²) in [6, 6.07) is 2.98. The summed E-state index contributed by atoms with van der Waals surface area (Å²) in [5, 5.41) is 7.94. The van der Waals surface area contributed by atoms with Crippen LogP contribution in [0.3, 0.4) is 0 Å². The van der Waals surface area contributed by atoms with E-state index in [1.54, 1.807) is 4.57 Å². The number of hydrogen-bond donors (Lipinski definition) is 2. The van der Waals surface area contributed by atoms with Crippen molar-refractivity contribution in [3.8, 4) is 11.4 Å². The third-order valence-corrected chi connectivity index (χ3v) is 3.98. The van der Waals surface area contributed by atoms with Crippen LogP contribution in [0.4, 0.5) is 8.78 Å². The van der Waals surface area contributed by atoms with E-state index in [-0.39, 0.29) is 21.3 Å². The van der Waals surface area contributed by atoms with Gasteiger partial charge in [-0.1, -0.05) is 23.2 Å². The van der Waals surface area contributed by atoms with Crippen LogP contribution in [0.5, 0.6) is 5.75 Å².